The normalized spacial score (nSPS) is 10.1. The summed E-state index contributed by atoms with van der Waals surface area (Å²) in [6, 6.07) is 10.2. The summed E-state index contributed by atoms with van der Waals surface area (Å²) in [7, 11) is 0. The van der Waals surface area contributed by atoms with Gasteiger partial charge < -0.3 is 0 Å². The average Bonchev–Trinajstić information content (AvgIpc) is 2.76. The molecule has 0 unspecified atom stereocenters. The quantitative estimate of drug-likeness (QED) is 0.602. The van der Waals surface area contributed by atoms with Gasteiger partial charge in [-0.25, -0.2) is 4.98 Å². The van der Waals surface area contributed by atoms with Crippen LogP contribution in [0.5, 0.6) is 0 Å². The summed E-state index contributed by atoms with van der Waals surface area (Å²) >= 11 is 3.26. The van der Waals surface area contributed by atoms with Crippen molar-refractivity contribution < 1.29 is 4.79 Å². The number of aldehydes is 1. The van der Waals surface area contributed by atoms with E-state index >= 15 is 0 Å². The first-order valence-electron chi connectivity index (χ1n) is 4.46. The van der Waals surface area contributed by atoms with E-state index in [0.29, 0.717) is 5.69 Å². The van der Waals surface area contributed by atoms with Gasteiger partial charge in [-0.1, -0.05) is 18.2 Å². The summed E-state index contributed by atoms with van der Waals surface area (Å²) < 4.78 is 0. The molecule has 0 amide bonds. The highest BCUT2D eigenvalue weighted by molar-refractivity contribution is 7.98. The van der Waals surface area contributed by atoms with Gasteiger partial charge in [0.05, 0.1) is 5.75 Å². The van der Waals surface area contributed by atoms with Gasteiger partial charge in [0.25, 0.3) is 0 Å². The Morgan fingerprint density at radius 3 is 2.80 bits per heavy atom. The molecular formula is C11H9NOS2. The second-order valence-electron chi connectivity index (χ2n) is 2.89. The molecule has 4 heteroatoms. The van der Waals surface area contributed by atoms with Crippen molar-refractivity contribution in [1.29, 1.82) is 0 Å². The van der Waals surface area contributed by atoms with Gasteiger partial charge in [0.15, 0.2) is 6.29 Å². The monoisotopic (exact) mass is 235 g/mol. The zero-order valence-corrected chi connectivity index (χ0v) is 9.55. The Kier molecular flexibility index (Phi) is 3.53. The molecule has 0 aliphatic rings. The summed E-state index contributed by atoms with van der Waals surface area (Å²) in [5.74, 6) is 0.822. The van der Waals surface area contributed by atoms with Crippen LogP contribution >= 0.6 is 23.1 Å². The standard InChI is InChI=1S/C11H9NOS2/c13-6-9-7-15-11(12-9)8-14-10-4-2-1-3-5-10/h1-7H,8H2. The highest BCUT2D eigenvalue weighted by Crippen LogP contribution is 2.23. The molecule has 0 fully saturated rings. The van der Waals surface area contributed by atoms with E-state index in [9.17, 15) is 4.79 Å². The number of thiazole rings is 1. The molecule has 0 radical (unpaired) electrons. The lowest BCUT2D eigenvalue weighted by atomic mass is 10.4. The van der Waals surface area contributed by atoms with E-state index in [0.717, 1.165) is 17.0 Å². The Balaban J connectivity index is 1.96. The topological polar surface area (TPSA) is 30.0 Å². The average molecular weight is 235 g/mol. The maximum atomic E-state index is 10.4. The molecule has 2 nitrogen and oxygen atoms in total. The third kappa shape index (κ3) is 2.91. The molecule has 0 aliphatic carbocycles. The van der Waals surface area contributed by atoms with Crippen molar-refractivity contribution in [2.75, 3.05) is 0 Å². The van der Waals surface area contributed by atoms with E-state index in [1.54, 1.807) is 17.1 Å². The molecule has 76 valence electrons. The number of nitrogens with zero attached hydrogens (tertiary/aromatic N) is 1. The van der Waals surface area contributed by atoms with Gasteiger partial charge >= 0.3 is 0 Å². The molecule has 2 aromatic rings. The maximum Gasteiger partial charge on any atom is 0.169 e. The summed E-state index contributed by atoms with van der Waals surface area (Å²) in [6.07, 6.45) is 0.785. The molecule has 1 aromatic carbocycles. The molecule has 0 saturated carbocycles. The van der Waals surface area contributed by atoms with Gasteiger partial charge in [-0.3, -0.25) is 4.79 Å². The Bertz CT molecular complexity index is 439. The maximum absolute atomic E-state index is 10.4. The van der Waals surface area contributed by atoms with Crippen LogP contribution in [0.4, 0.5) is 0 Å². The van der Waals surface area contributed by atoms with Gasteiger partial charge in [0.2, 0.25) is 0 Å². The first-order chi connectivity index (χ1) is 7.38. The van der Waals surface area contributed by atoms with Crippen LogP contribution in [0.2, 0.25) is 0 Å². The van der Waals surface area contributed by atoms with Crippen LogP contribution in [-0.4, -0.2) is 11.3 Å². The Morgan fingerprint density at radius 2 is 2.13 bits per heavy atom. The van der Waals surface area contributed by atoms with E-state index in [1.807, 2.05) is 18.2 Å². The first kappa shape index (κ1) is 10.4. The van der Waals surface area contributed by atoms with E-state index in [4.69, 9.17) is 0 Å². The molecular weight excluding hydrogens is 226 g/mol. The van der Waals surface area contributed by atoms with Crippen molar-refractivity contribution in [1.82, 2.24) is 4.98 Å². The van der Waals surface area contributed by atoms with Crippen molar-refractivity contribution in [3.8, 4) is 0 Å². The van der Waals surface area contributed by atoms with Crippen LogP contribution in [0.25, 0.3) is 0 Å². The largest absolute Gasteiger partial charge is 0.296 e. The number of rotatable bonds is 4. The van der Waals surface area contributed by atoms with Crippen molar-refractivity contribution in [2.24, 2.45) is 0 Å². The third-order valence-electron chi connectivity index (χ3n) is 1.80. The van der Waals surface area contributed by atoms with Crippen molar-refractivity contribution >= 4 is 29.4 Å². The highest BCUT2D eigenvalue weighted by Gasteiger charge is 2.01. The summed E-state index contributed by atoms with van der Waals surface area (Å²) in [4.78, 5) is 15.8. The Morgan fingerprint density at radius 1 is 1.33 bits per heavy atom. The Labute approximate surface area is 96.4 Å². The van der Waals surface area contributed by atoms with E-state index in [2.05, 4.69) is 17.1 Å². The van der Waals surface area contributed by atoms with Crippen LogP contribution in [-0.2, 0) is 5.75 Å². The van der Waals surface area contributed by atoms with Gasteiger partial charge in [-0.2, -0.15) is 0 Å². The molecule has 0 atom stereocenters. The number of thioether (sulfide) groups is 1. The fourth-order valence-corrected chi connectivity index (χ4v) is 2.78. The van der Waals surface area contributed by atoms with Crippen LogP contribution in [0.15, 0.2) is 40.6 Å². The minimum absolute atomic E-state index is 0.531. The van der Waals surface area contributed by atoms with Crippen molar-refractivity contribution in [3.05, 3.63) is 46.4 Å². The van der Waals surface area contributed by atoms with Gasteiger partial charge in [0.1, 0.15) is 10.7 Å². The van der Waals surface area contributed by atoms with Crippen molar-refractivity contribution in [3.63, 3.8) is 0 Å². The molecule has 1 heterocycles. The number of carbonyl (C=O) groups excluding carboxylic acids is 1. The zero-order valence-electron chi connectivity index (χ0n) is 7.92. The lowest BCUT2D eigenvalue weighted by Gasteiger charge is -1.97. The smallest absolute Gasteiger partial charge is 0.169 e. The molecule has 0 bridgehead atoms. The second-order valence-corrected chi connectivity index (χ2v) is 4.88. The lowest BCUT2D eigenvalue weighted by Crippen LogP contribution is -1.82. The van der Waals surface area contributed by atoms with E-state index in [-0.39, 0.29) is 0 Å². The molecule has 2 rings (SSSR count). The summed E-state index contributed by atoms with van der Waals surface area (Å²) in [5.41, 5.74) is 0.531. The minimum Gasteiger partial charge on any atom is -0.296 e. The number of benzene rings is 1. The molecule has 1 aromatic heterocycles. The zero-order chi connectivity index (χ0) is 10.5. The third-order valence-corrected chi connectivity index (χ3v) is 3.87. The first-order valence-corrected chi connectivity index (χ1v) is 6.32. The van der Waals surface area contributed by atoms with Crippen LogP contribution < -0.4 is 0 Å². The molecule has 0 saturated heterocycles. The Hall–Kier alpha value is -1.13. The predicted octanol–water partition coefficient (Wildman–Crippen LogP) is 3.25. The van der Waals surface area contributed by atoms with Crippen LogP contribution in [0, 0.1) is 0 Å². The summed E-state index contributed by atoms with van der Waals surface area (Å²) in [5, 5.41) is 2.78. The minimum atomic E-state index is 0.531. The molecule has 0 aliphatic heterocycles. The molecule has 0 N–H and O–H groups in total. The highest BCUT2D eigenvalue weighted by atomic mass is 32.2. The summed E-state index contributed by atoms with van der Waals surface area (Å²) in [6.45, 7) is 0. The molecule has 0 spiro atoms. The van der Waals surface area contributed by atoms with Gasteiger partial charge in [0, 0.05) is 10.3 Å². The fraction of sp³-hybridized carbons (Fsp3) is 0.0909. The molecule has 15 heavy (non-hydrogen) atoms. The predicted molar refractivity (Wildman–Crippen MR) is 63.5 cm³/mol. The van der Waals surface area contributed by atoms with E-state index < -0.39 is 0 Å². The van der Waals surface area contributed by atoms with E-state index in [1.165, 1.54) is 16.2 Å². The van der Waals surface area contributed by atoms with Gasteiger partial charge in [-0.05, 0) is 12.1 Å². The number of hydrogen-bond acceptors (Lipinski definition) is 4. The number of hydrogen-bond donors (Lipinski definition) is 0. The SMILES string of the molecule is O=Cc1csc(CSc2ccccc2)n1. The number of carbonyl (C=O) groups is 1. The van der Waals surface area contributed by atoms with Gasteiger partial charge in [-0.15, -0.1) is 23.1 Å². The van der Waals surface area contributed by atoms with Crippen molar-refractivity contribution in [2.45, 2.75) is 10.6 Å². The lowest BCUT2D eigenvalue weighted by molar-refractivity contribution is 0.111. The van der Waals surface area contributed by atoms with Crippen LogP contribution in [0.3, 0.4) is 0 Å². The van der Waals surface area contributed by atoms with Crippen LogP contribution in [0.1, 0.15) is 15.5 Å². The fourth-order valence-electron chi connectivity index (χ4n) is 1.11. The second kappa shape index (κ2) is 5.09. The number of aromatic nitrogens is 1.